The Balaban J connectivity index is 4.32. The summed E-state index contributed by atoms with van der Waals surface area (Å²) in [5.74, 6) is -0.681. The summed E-state index contributed by atoms with van der Waals surface area (Å²) in [5.41, 5.74) is 0. The number of esters is 1. The zero-order chi connectivity index (χ0) is 16.4. The Kier molecular flexibility index (Phi) is 10.5. The number of hydrogen-bond donors (Lipinski definition) is 5. The van der Waals surface area contributed by atoms with Gasteiger partial charge in [-0.25, -0.2) is 0 Å². The highest BCUT2D eigenvalue weighted by Crippen LogP contribution is 2.16. The lowest BCUT2D eigenvalue weighted by atomic mass is 9.98. The molecule has 7 nitrogen and oxygen atoms in total. The maximum atomic E-state index is 11.8. The van der Waals surface area contributed by atoms with Crippen molar-refractivity contribution in [2.24, 2.45) is 5.92 Å². The molecule has 0 fully saturated rings. The molecule has 7 heteroatoms. The van der Waals surface area contributed by atoms with Crippen LogP contribution < -0.4 is 0 Å². The normalized spacial score (nSPS) is 17.3. The van der Waals surface area contributed by atoms with Crippen molar-refractivity contribution in [1.29, 1.82) is 0 Å². The van der Waals surface area contributed by atoms with Gasteiger partial charge < -0.3 is 30.3 Å². The molecule has 0 aromatic carbocycles. The van der Waals surface area contributed by atoms with Crippen molar-refractivity contribution >= 4 is 5.97 Å². The van der Waals surface area contributed by atoms with Crippen molar-refractivity contribution in [1.82, 2.24) is 0 Å². The third-order valence-corrected chi connectivity index (χ3v) is 3.33. The lowest BCUT2D eigenvalue weighted by Crippen LogP contribution is -2.47. The van der Waals surface area contributed by atoms with Crippen LogP contribution >= 0.6 is 0 Å². The first-order valence-electron chi connectivity index (χ1n) is 7.38. The molecule has 0 aromatic heterocycles. The van der Waals surface area contributed by atoms with Gasteiger partial charge in [0.2, 0.25) is 0 Å². The van der Waals surface area contributed by atoms with Crippen LogP contribution in [0.1, 0.15) is 39.5 Å². The Morgan fingerprint density at radius 3 is 1.86 bits per heavy atom. The van der Waals surface area contributed by atoms with E-state index in [0.717, 1.165) is 12.8 Å². The molecule has 4 atom stereocenters. The molecule has 0 rings (SSSR count). The minimum Gasteiger partial charge on any atom is -0.463 e. The molecule has 0 saturated heterocycles. The standard InChI is InChI=1S/C14H28O7/c1-3-5-9(6-4-2)14(20)21-8-11(17)13(19)12(18)10(16)7-15/h9-13,15-19H,3-8H2,1-2H3/t10-,11-,12-,13-/m1/s1. The molecule has 0 aliphatic rings. The molecule has 0 aliphatic carbocycles. The maximum absolute atomic E-state index is 11.8. The van der Waals surface area contributed by atoms with E-state index < -0.39 is 43.6 Å². The van der Waals surface area contributed by atoms with E-state index in [1.54, 1.807) is 0 Å². The van der Waals surface area contributed by atoms with Crippen molar-refractivity contribution in [3.05, 3.63) is 0 Å². The monoisotopic (exact) mass is 308 g/mol. The Labute approximate surface area is 125 Å². The Bertz CT molecular complexity index is 278. The largest absolute Gasteiger partial charge is 0.463 e. The lowest BCUT2D eigenvalue weighted by molar-refractivity contribution is -0.160. The van der Waals surface area contributed by atoms with Gasteiger partial charge in [0.05, 0.1) is 12.5 Å². The fourth-order valence-electron chi connectivity index (χ4n) is 2.02. The van der Waals surface area contributed by atoms with E-state index >= 15 is 0 Å². The van der Waals surface area contributed by atoms with Crippen LogP contribution in [0.15, 0.2) is 0 Å². The van der Waals surface area contributed by atoms with E-state index in [1.165, 1.54) is 0 Å². The summed E-state index contributed by atoms with van der Waals surface area (Å²) in [6.45, 7) is 2.70. The van der Waals surface area contributed by atoms with Crippen molar-refractivity contribution in [3.63, 3.8) is 0 Å². The molecule has 5 N–H and O–H groups in total. The lowest BCUT2D eigenvalue weighted by Gasteiger charge is -2.25. The van der Waals surface area contributed by atoms with Crippen LogP contribution in [0.4, 0.5) is 0 Å². The molecule has 0 aromatic rings. The predicted molar refractivity (Wildman–Crippen MR) is 75.4 cm³/mol. The van der Waals surface area contributed by atoms with Gasteiger partial charge in [0, 0.05) is 0 Å². The van der Waals surface area contributed by atoms with E-state index in [9.17, 15) is 25.2 Å². The Morgan fingerprint density at radius 1 is 0.952 bits per heavy atom. The third-order valence-electron chi connectivity index (χ3n) is 3.33. The number of carbonyl (C=O) groups excluding carboxylic acids is 1. The van der Waals surface area contributed by atoms with E-state index in [2.05, 4.69) is 0 Å². The summed E-state index contributed by atoms with van der Waals surface area (Å²) >= 11 is 0. The fraction of sp³-hybridized carbons (Fsp3) is 0.929. The summed E-state index contributed by atoms with van der Waals surface area (Å²) in [6.07, 6.45) is -3.47. The van der Waals surface area contributed by atoms with Crippen LogP contribution in [-0.4, -0.2) is 69.1 Å². The van der Waals surface area contributed by atoms with Gasteiger partial charge in [0.1, 0.15) is 31.0 Å². The van der Waals surface area contributed by atoms with Crippen LogP contribution in [0.5, 0.6) is 0 Å². The molecule has 0 unspecified atom stereocenters. The number of ether oxygens (including phenoxy) is 1. The zero-order valence-corrected chi connectivity index (χ0v) is 12.7. The van der Waals surface area contributed by atoms with E-state index in [0.29, 0.717) is 12.8 Å². The van der Waals surface area contributed by atoms with Crippen LogP contribution in [-0.2, 0) is 9.53 Å². The van der Waals surface area contributed by atoms with Gasteiger partial charge in [0.25, 0.3) is 0 Å². The van der Waals surface area contributed by atoms with Crippen molar-refractivity contribution in [2.45, 2.75) is 63.9 Å². The van der Waals surface area contributed by atoms with E-state index in [4.69, 9.17) is 9.84 Å². The quantitative estimate of drug-likeness (QED) is 0.316. The molecule has 21 heavy (non-hydrogen) atoms. The molecule has 0 amide bonds. The molecule has 0 bridgehead atoms. The SMILES string of the molecule is CCCC(CCC)C(=O)OC[C@@H](O)[C@@H](O)[C@H](O)[C@H](O)CO. The summed E-state index contributed by atoms with van der Waals surface area (Å²) < 4.78 is 4.95. The minimum absolute atomic E-state index is 0.239. The van der Waals surface area contributed by atoms with Crippen molar-refractivity contribution < 1.29 is 35.1 Å². The molecule has 0 radical (unpaired) electrons. The highest BCUT2D eigenvalue weighted by molar-refractivity contribution is 5.72. The van der Waals surface area contributed by atoms with Crippen molar-refractivity contribution in [3.8, 4) is 0 Å². The average Bonchev–Trinajstić information content (AvgIpc) is 2.49. The zero-order valence-electron chi connectivity index (χ0n) is 12.7. The van der Waals surface area contributed by atoms with Gasteiger partial charge in [-0.15, -0.1) is 0 Å². The second-order valence-corrected chi connectivity index (χ2v) is 5.20. The first kappa shape index (κ1) is 20.3. The third kappa shape index (κ3) is 7.19. The minimum atomic E-state index is -1.72. The van der Waals surface area contributed by atoms with Gasteiger partial charge in [-0.3, -0.25) is 4.79 Å². The maximum Gasteiger partial charge on any atom is 0.309 e. The molecule has 0 spiro atoms. The van der Waals surface area contributed by atoms with Crippen LogP contribution in [0.2, 0.25) is 0 Å². The number of carbonyl (C=O) groups is 1. The first-order chi connectivity index (χ1) is 9.88. The van der Waals surface area contributed by atoms with Gasteiger partial charge >= 0.3 is 5.97 Å². The predicted octanol–water partition coefficient (Wildman–Crippen LogP) is -0.818. The molecule has 0 saturated carbocycles. The fourth-order valence-corrected chi connectivity index (χ4v) is 2.02. The van der Waals surface area contributed by atoms with E-state index in [1.807, 2.05) is 13.8 Å². The smallest absolute Gasteiger partial charge is 0.309 e. The van der Waals surface area contributed by atoms with Crippen LogP contribution in [0.3, 0.4) is 0 Å². The summed E-state index contributed by atoms with van der Waals surface area (Å²) in [6, 6.07) is 0. The topological polar surface area (TPSA) is 127 Å². The molecular formula is C14H28O7. The second kappa shape index (κ2) is 10.9. The summed E-state index contributed by atoms with van der Waals surface area (Å²) in [7, 11) is 0. The highest BCUT2D eigenvalue weighted by atomic mass is 16.5. The Morgan fingerprint density at radius 2 is 1.43 bits per heavy atom. The number of aliphatic hydroxyl groups excluding tert-OH is 5. The molecular weight excluding hydrogens is 280 g/mol. The van der Waals surface area contributed by atoms with Gasteiger partial charge in [0.15, 0.2) is 0 Å². The van der Waals surface area contributed by atoms with Gasteiger partial charge in [-0.05, 0) is 12.8 Å². The van der Waals surface area contributed by atoms with Crippen LogP contribution in [0, 0.1) is 5.92 Å². The van der Waals surface area contributed by atoms with Gasteiger partial charge in [-0.1, -0.05) is 26.7 Å². The van der Waals surface area contributed by atoms with Crippen molar-refractivity contribution in [2.75, 3.05) is 13.2 Å². The highest BCUT2D eigenvalue weighted by Gasteiger charge is 2.31. The number of aliphatic hydroxyl groups is 5. The summed E-state index contributed by atoms with van der Waals surface area (Å²) in [4.78, 5) is 11.8. The van der Waals surface area contributed by atoms with Crippen LogP contribution in [0.25, 0.3) is 0 Å². The molecule has 0 aliphatic heterocycles. The second-order valence-electron chi connectivity index (χ2n) is 5.20. The molecule has 0 heterocycles. The number of rotatable bonds is 11. The first-order valence-corrected chi connectivity index (χ1v) is 7.38. The van der Waals surface area contributed by atoms with E-state index in [-0.39, 0.29) is 5.92 Å². The Hall–Kier alpha value is -0.730. The van der Waals surface area contributed by atoms with Gasteiger partial charge in [-0.2, -0.15) is 0 Å². The summed E-state index contributed by atoms with van der Waals surface area (Å²) in [5, 5.41) is 46.5. The average molecular weight is 308 g/mol. The number of hydrogen-bond acceptors (Lipinski definition) is 7. The molecule has 126 valence electrons.